The fraction of sp³-hybridized carbons (Fsp3) is 0.417. The Morgan fingerprint density at radius 2 is 2.00 bits per heavy atom. The predicted molar refractivity (Wildman–Crippen MR) is 62.3 cm³/mol. The Labute approximate surface area is 94.7 Å². The second-order valence-electron chi connectivity index (χ2n) is 4.17. The number of aromatic hydroxyl groups is 1. The van der Waals surface area contributed by atoms with Crippen molar-refractivity contribution in [3.8, 4) is 5.75 Å². The molecule has 3 N–H and O–H groups in total. The number of rotatable bonds is 5. The molecule has 0 aromatic heterocycles. The molecule has 1 aliphatic rings. The van der Waals surface area contributed by atoms with E-state index in [1.54, 1.807) is 24.3 Å². The Kier molecular flexibility index (Phi) is 3.41. The molecule has 4 nitrogen and oxygen atoms in total. The lowest BCUT2D eigenvalue weighted by molar-refractivity contribution is -0.115. The minimum atomic E-state index is -0.0497. The van der Waals surface area contributed by atoms with Crippen LogP contribution in [-0.2, 0) is 4.79 Å². The zero-order valence-corrected chi connectivity index (χ0v) is 9.07. The summed E-state index contributed by atoms with van der Waals surface area (Å²) in [6.45, 7) is 1.28. The molecule has 1 aliphatic carbocycles. The van der Waals surface area contributed by atoms with E-state index >= 15 is 0 Å². The number of carbonyl (C=O) groups excluding carboxylic acids is 1. The van der Waals surface area contributed by atoms with Gasteiger partial charge in [0.1, 0.15) is 5.75 Å². The van der Waals surface area contributed by atoms with Crippen molar-refractivity contribution in [2.75, 3.05) is 18.4 Å². The van der Waals surface area contributed by atoms with Gasteiger partial charge in [-0.3, -0.25) is 4.79 Å². The number of carbonyl (C=O) groups is 1. The first kappa shape index (κ1) is 11.0. The third-order valence-corrected chi connectivity index (χ3v) is 2.57. The van der Waals surface area contributed by atoms with E-state index in [4.69, 9.17) is 5.11 Å². The fourth-order valence-corrected chi connectivity index (χ4v) is 1.46. The summed E-state index contributed by atoms with van der Waals surface area (Å²) < 4.78 is 0. The summed E-state index contributed by atoms with van der Waals surface area (Å²) in [6, 6.07) is 6.45. The van der Waals surface area contributed by atoms with E-state index in [0.29, 0.717) is 12.2 Å². The van der Waals surface area contributed by atoms with Crippen LogP contribution in [0, 0.1) is 5.92 Å². The molecular weight excluding hydrogens is 204 g/mol. The van der Waals surface area contributed by atoms with Crippen LogP contribution in [0.25, 0.3) is 0 Å². The molecule has 0 spiro atoms. The first-order valence-electron chi connectivity index (χ1n) is 5.53. The SMILES string of the molecule is O=C(CNCC1CC1)Nc1ccc(O)cc1. The summed E-state index contributed by atoms with van der Waals surface area (Å²) >= 11 is 0. The fourth-order valence-electron chi connectivity index (χ4n) is 1.46. The Morgan fingerprint density at radius 3 is 2.62 bits per heavy atom. The number of phenols is 1. The molecule has 0 atom stereocenters. The minimum Gasteiger partial charge on any atom is -0.508 e. The van der Waals surface area contributed by atoms with E-state index in [0.717, 1.165) is 12.5 Å². The molecule has 0 unspecified atom stereocenters. The van der Waals surface area contributed by atoms with Gasteiger partial charge in [-0.25, -0.2) is 0 Å². The quantitative estimate of drug-likeness (QED) is 0.656. The van der Waals surface area contributed by atoms with Crippen LogP contribution in [0.5, 0.6) is 5.75 Å². The molecule has 1 aromatic carbocycles. The largest absolute Gasteiger partial charge is 0.508 e. The molecule has 1 amide bonds. The Morgan fingerprint density at radius 1 is 1.31 bits per heavy atom. The van der Waals surface area contributed by atoms with Crippen molar-refractivity contribution in [2.45, 2.75) is 12.8 Å². The van der Waals surface area contributed by atoms with E-state index in [2.05, 4.69) is 10.6 Å². The molecule has 0 aliphatic heterocycles. The first-order chi connectivity index (χ1) is 7.74. The number of anilines is 1. The molecule has 4 heteroatoms. The highest BCUT2D eigenvalue weighted by molar-refractivity contribution is 5.92. The van der Waals surface area contributed by atoms with E-state index in [-0.39, 0.29) is 11.7 Å². The van der Waals surface area contributed by atoms with Gasteiger partial charge >= 0.3 is 0 Å². The molecule has 0 heterocycles. The summed E-state index contributed by atoms with van der Waals surface area (Å²) in [6.07, 6.45) is 2.57. The number of nitrogens with one attached hydrogen (secondary N) is 2. The van der Waals surface area contributed by atoms with Gasteiger partial charge < -0.3 is 15.7 Å². The van der Waals surface area contributed by atoms with Gasteiger partial charge in [-0.1, -0.05) is 0 Å². The van der Waals surface area contributed by atoms with Crippen molar-refractivity contribution in [2.24, 2.45) is 5.92 Å². The van der Waals surface area contributed by atoms with Crippen LogP contribution in [0.2, 0.25) is 0 Å². The maximum atomic E-state index is 11.5. The van der Waals surface area contributed by atoms with Crippen molar-refractivity contribution >= 4 is 11.6 Å². The van der Waals surface area contributed by atoms with Crippen molar-refractivity contribution in [1.82, 2.24) is 5.32 Å². The molecule has 16 heavy (non-hydrogen) atoms. The average molecular weight is 220 g/mol. The van der Waals surface area contributed by atoms with Gasteiger partial charge in [-0.05, 0) is 49.6 Å². The van der Waals surface area contributed by atoms with E-state index in [1.165, 1.54) is 12.8 Å². The topological polar surface area (TPSA) is 61.4 Å². The van der Waals surface area contributed by atoms with E-state index in [1.807, 2.05) is 0 Å². The van der Waals surface area contributed by atoms with Crippen LogP contribution < -0.4 is 10.6 Å². The van der Waals surface area contributed by atoms with Gasteiger partial charge in [-0.15, -0.1) is 0 Å². The van der Waals surface area contributed by atoms with Crippen molar-refractivity contribution in [1.29, 1.82) is 0 Å². The normalized spacial score (nSPS) is 14.8. The minimum absolute atomic E-state index is 0.0497. The molecule has 2 rings (SSSR count). The van der Waals surface area contributed by atoms with Gasteiger partial charge in [0, 0.05) is 5.69 Å². The van der Waals surface area contributed by atoms with E-state index < -0.39 is 0 Å². The lowest BCUT2D eigenvalue weighted by Gasteiger charge is -2.06. The summed E-state index contributed by atoms with van der Waals surface area (Å²) in [7, 11) is 0. The van der Waals surface area contributed by atoms with Gasteiger partial charge in [0.05, 0.1) is 6.54 Å². The molecule has 0 radical (unpaired) electrons. The van der Waals surface area contributed by atoms with Gasteiger partial charge in [0.15, 0.2) is 0 Å². The number of benzene rings is 1. The molecule has 86 valence electrons. The Bertz CT molecular complexity index is 358. The number of hydrogen-bond donors (Lipinski definition) is 3. The number of phenolic OH excluding ortho intramolecular Hbond substituents is 1. The third-order valence-electron chi connectivity index (χ3n) is 2.57. The summed E-state index contributed by atoms with van der Waals surface area (Å²) in [5.74, 6) is 0.928. The monoisotopic (exact) mass is 220 g/mol. The van der Waals surface area contributed by atoms with Gasteiger partial charge in [-0.2, -0.15) is 0 Å². The summed E-state index contributed by atoms with van der Waals surface area (Å²) in [5, 5.41) is 14.9. The van der Waals surface area contributed by atoms with Crippen LogP contribution in [0.4, 0.5) is 5.69 Å². The van der Waals surface area contributed by atoms with Crippen LogP contribution in [-0.4, -0.2) is 24.1 Å². The predicted octanol–water partition coefficient (Wildman–Crippen LogP) is 1.33. The second-order valence-corrected chi connectivity index (χ2v) is 4.17. The highest BCUT2D eigenvalue weighted by Gasteiger charge is 2.20. The lowest BCUT2D eigenvalue weighted by Crippen LogP contribution is -2.29. The van der Waals surface area contributed by atoms with Crippen LogP contribution >= 0.6 is 0 Å². The molecule has 0 saturated heterocycles. The average Bonchev–Trinajstić information content (AvgIpc) is 3.05. The standard InChI is InChI=1S/C12H16N2O2/c15-11-5-3-10(4-6-11)14-12(16)8-13-7-9-1-2-9/h3-6,9,13,15H,1-2,7-8H2,(H,14,16). The summed E-state index contributed by atoms with van der Waals surface area (Å²) in [5.41, 5.74) is 0.705. The lowest BCUT2D eigenvalue weighted by atomic mass is 10.3. The zero-order chi connectivity index (χ0) is 11.4. The van der Waals surface area contributed by atoms with Crippen molar-refractivity contribution in [3.05, 3.63) is 24.3 Å². The van der Waals surface area contributed by atoms with Gasteiger partial charge in [0.2, 0.25) is 5.91 Å². The number of amides is 1. The Balaban J connectivity index is 1.70. The van der Waals surface area contributed by atoms with Crippen molar-refractivity contribution in [3.63, 3.8) is 0 Å². The maximum Gasteiger partial charge on any atom is 0.238 e. The highest BCUT2D eigenvalue weighted by atomic mass is 16.3. The Hall–Kier alpha value is -1.55. The molecule has 1 fully saturated rings. The molecule has 0 bridgehead atoms. The molecule has 1 aromatic rings. The maximum absolute atomic E-state index is 11.5. The smallest absolute Gasteiger partial charge is 0.238 e. The molecule has 1 saturated carbocycles. The van der Waals surface area contributed by atoms with Crippen LogP contribution in [0.1, 0.15) is 12.8 Å². The highest BCUT2D eigenvalue weighted by Crippen LogP contribution is 2.27. The van der Waals surface area contributed by atoms with Crippen molar-refractivity contribution < 1.29 is 9.90 Å². The second kappa shape index (κ2) is 4.99. The molecular formula is C12H16N2O2. The zero-order valence-electron chi connectivity index (χ0n) is 9.07. The van der Waals surface area contributed by atoms with Crippen LogP contribution in [0.15, 0.2) is 24.3 Å². The van der Waals surface area contributed by atoms with E-state index in [9.17, 15) is 4.79 Å². The van der Waals surface area contributed by atoms with Gasteiger partial charge in [0.25, 0.3) is 0 Å². The first-order valence-corrected chi connectivity index (χ1v) is 5.53. The van der Waals surface area contributed by atoms with Crippen LogP contribution in [0.3, 0.4) is 0 Å². The summed E-state index contributed by atoms with van der Waals surface area (Å²) in [4.78, 5) is 11.5. The third kappa shape index (κ3) is 3.55. The number of hydrogen-bond acceptors (Lipinski definition) is 3.